The van der Waals surface area contributed by atoms with Crippen molar-refractivity contribution in [3.63, 3.8) is 0 Å². The predicted octanol–water partition coefficient (Wildman–Crippen LogP) is 4.98. The molecule has 0 aliphatic rings. The Bertz CT molecular complexity index is 1130. The van der Waals surface area contributed by atoms with E-state index in [-0.39, 0.29) is 31.4 Å². The van der Waals surface area contributed by atoms with Crippen LogP contribution in [0.1, 0.15) is 30.5 Å². The molecule has 2 rings (SSSR count). The van der Waals surface area contributed by atoms with Crippen molar-refractivity contribution in [2.24, 2.45) is 0 Å². The van der Waals surface area contributed by atoms with E-state index in [0.29, 0.717) is 11.1 Å². The van der Waals surface area contributed by atoms with Crippen molar-refractivity contribution in [3.8, 4) is 5.88 Å². The van der Waals surface area contributed by atoms with Crippen LogP contribution in [0.2, 0.25) is 0 Å². The van der Waals surface area contributed by atoms with Gasteiger partial charge in [0.25, 0.3) is 0 Å². The summed E-state index contributed by atoms with van der Waals surface area (Å²) in [6.07, 6.45) is -5.95. The van der Waals surface area contributed by atoms with Gasteiger partial charge in [-0.25, -0.2) is 9.59 Å². The van der Waals surface area contributed by atoms with Crippen LogP contribution in [0.25, 0.3) is 5.57 Å². The lowest BCUT2D eigenvalue weighted by atomic mass is 10.0. The summed E-state index contributed by atoms with van der Waals surface area (Å²) in [5.74, 6) is -1.43. The van der Waals surface area contributed by atoms with Crippen molar-refractivity contribution in [3.05, 3.63) is 51.8 Å². The molecular weight excluding hydrogens is 581 g/mol. The summed E-state index contributed by atoms with van der Waals surface area (Å²) < 4.78 is 72.8. The van der Waals surface area contributed by atoms with E-state index in [1.165, 1.54) is 14.2 Å². The van der Waals surface area contributed by atoms with E-state index >= 15 is 0 Å². The van der Waals surface area contributed by atoms with Crippen LogP contribution in [-0.4, -0.2) is 62.0 Å². The minimum atomic E-state index is -4.84. The number of esters is 1. The Kier molecular flexibility index (Phi) is 11.4. The summed E-state index contributed by atoms with van der Waals surface area (Å²) in [7, 11) is 3.63. The van der Waals surface area contributed by atoms with E-state index in [4.69, 9.17) is 23.7 Å². The van der Waals surface area contributed by atoms with Crippen molar-refractivity contribution in [1.82, 2.24) is 9.78 Å². The van der Waals surface area contributed by atoms with Gasteiger partial charge in [-0.1, -0.05) is 24.3 Å². The van der Waals surface area contributed by atoms with Crippen LogP contribution in [0.5, 0.6) is 5.88 Å². The van der Waals surface area contributed by atoms with Crippen molar-refractivity contribution in [2.45, 2.75) is 45.4 Å². The second-order valence-corrected chi connectivity index (χ2v) is 8.68. The molecule has 10 nitrogen and oxygen atoms in total. The maximum atomic E-state index is 14.0. The molecule has 0 spiro atoms. The third kappa shape index (κ3) is 8.38. The summed E-state index contributed by atoms with van der Waals surface area (Å²) in [6.45, 7) is 2.70. The third-order valence-electron chi connectivity index (χ3n) is 4.88. The zero-order valence-electron chi connectivity index (χ0n) is 21.3. The van der Waals surface area contributed by atoms with Gasteiger partial charge in [-0.05, 0) is 40.9 Å². The highest BCUT2D eigenvalue weighted by atomic mass is 79.9. The van der Waals surface area contributed by atoms with E-state index in [0.717, 1.165) is 18.1 Å². The summed E-state index contributed by atoms with van der Waals surface area (Å²) in [5, 5.41) is 3.96. The normalized spacial score (nSPS) is 12.7. The quantitative estimate of drug-likeness (QED) is 0.187. The average Bonchev–Trinajstić information content (AvgIpc) is 3.19. The molecule has 1 aromatic heterocycles. The van der Waals surface area contributed by atoms with Crippen molar-refractivity contribution >= 4 is 33.6 Å². The average molecular weight is 609 g/mol. The number of hydrogen-bond donors (Lipinski definition) is 0. The largest absolute Gasteiger partial charge is 0.508 e. The molecule has 210 valence electrons. The second-order valence-electron chi connectivity index (χ2n) is 7.93. The summed E-state index contributed by atoms with van der Waals surface area (Å²) >= 11 is 2.94. The molecule has 0 aliphatic heterocycles. The number of rotatable bonds is 12. The van der Waals surface area contributed by atoms with Crippen LogP contribution >= 0.6 is 15.9 Å². The summed E-state index contributed by atoms with van der Waals surface area (Å²) in [6, 6.07) is 6.42. The molecule has 0 bridgehead atoms. The third-order valence-corrected chi connectivity index (χ3v) is 5.68. The van der Waals surface area contributed by atoms with Crippen LogP contribution < -0.4 is 4.74 Å². The van der Waals surface area contributed by atoms with Gasteiger partial charge in [-0.2, -0.15) is 13.2 Å². The highest BCUT2D eigenvalue weighted by molar-refractivity contribution is 9.10. The number of hydrogen-bond acceptors (Lipinski definition) is 9. The Hall–Kier alpha value is -3.26. The van der Waals surface area contributed by atoms with E-state index in [9.17, 15) is 22.8 Å². The molecule has 1 atom stereocenters. The Labute approximate surface area is 225 Å². The molecule has 0 N–H and O–H groups in total. The van der Waals surface area contributed by atoms with Gasteiger partial charge in [0.15, 0.2) is 5.56 Å². The van der Waals surface area contributed by atoms with Gasteiger partial charge in [0.1, 0.15) is 22.9 Å². The highest BCUT2D eigenvalue weighted by Crippen LogP contribution is 2.41. The number of nitrogens with zero attached hydrogens (tertiary/aromatic N) is 2. The zero-order valence-corrected chi connectivity index (χ0v) is 22.9. The van der Waals surface area contributed by atoms with Crippen LogP contribution in [0, 0.1) is 0 Å². The molecule has 0 amide bonds. The molecule has 38 heavy (non-hydrogen) atoms. The predicted molar refractivity (Wildman–Crippen MR) is 131 cm³/mol. The number of carbonyl (C=O) groups excluding carboxylic acids is 2. The standard InChI is InChI=1S/C24H28BrF3N2O8/c1-14(2)36-12-16(38-23(32)35-5)10-30-20(25)19(24(26,27)28)21(29-30)37-11-15-8-6-7-9-17(15)18(13-33-3)22(31)34-4/h6-9,13-14,16H,10-12H2,1-5H3/b18-13+. The first-order chi connectivity index (χ1) is 17.9. The molecule has 0 radical (unpaired) electrons. The molecular formula is C24H28BrF3N2O8. The van der Waals surface area contributed by atoms with Crippen molar-refractivity contribution in [2.75, 3.05) is 27.9 Å². The Morgan fingerprint density at radius 1 is 1.13 bits per heavy atom. The van der Waals surface area contributed by atoms with Gasteiger partial charge >= 0.3 is 18.3 Å². The first-order valence-electron chi connectivity index (χ1n) is 11.1. The molecule has 0 fully saturated rings. The number of alkyl halides is 3. The molecule has 0 saturated carbocycles. The molecule has 0 aliphatic carbocycles. The monoisotopic (exact) mass is 608 g/mol. The fraction of sp³-hybridized carbons (Fsp3) is 0.458. The lowest BCUT2D eigenvalue weighted by Gasteiger charge is -2.19. The summed E-state index contributed by atoms with van der Waals surface area (Å²) in [5.41, 5.74) is -0.412. The van der Waals surface area contributed by atoms with Crippen LogP contribution in [-0.2, 0) is 47.8 Å². The fourth-order valence-corrected chi connectivity index (χ4v) is 3.80. The van der Waals surface area contributed by atoms with Gasteiger partial charge in [-0.3, -0.25) is 4.68 Å². The van der Waals surface area contributed by atoms with Gasteiger partial charge in [-0.15, -0.1) is 5.10 Å². The van der Waals surface area contributed by atoms with Gasteiger partial charge in [0.05, 0.1) is 46.8 Å². The van der Waals surface area contributed by atoms with Crippen LogP contribution in [0.15, 0.2) is 35.1 Å². The van der Waals surface area contributed by atoms with Gasteiger partial charge < -0.3 is 28.4 Å². The number of ether oxygens (including phenoxy) is 6. The highest BCUT2D eigenvalue weighted by Gasteiger charge is 2.41. The Morgan fingerprint density at radius 2 is 1.82 bits per heavy atom. The molecule has 14 heteroatoms. The molecule has 1 unspecified atom stereocenters. The van der Waals surface area contributed by atoms with Gasteiger partial charge in [0.2, 0.25) is 5.88 Å². The number of benzene rings is 1. The molecule has 2 aromatic rings. The lowest BCUT2D eigenvalue weighted by Crippen LogP contribution is -2.30. The number of methoxy groups -OCH3 is 3. The number of carbonyl (C=O) groups is 2. The molecule has 0 saturated heterocycles. The Balaban J connectivity index is 2.41. The molecule has 1 aromatic carbocycles. The minimum Gasteiger partial charge on any atom is -0.503 e. The number of aromatic nitrogens is 2. The second kappa shape index (κ2) is 14.0. The van der Waals surface area contributed by atoms with Gasteiger partial charge in [0, 0.05) is 0 Å². The van der Waals surface area contributed by atoms with E-state index in [1.54, 1.807) is 38.1 Å². The zero-order chi connectivity index (χ0) is 28.5. The smallest absolute Gasteiger partial charge is 0.503 e. The SMILES string of the molecule is CO/C=C(/C(=O)OC)c1ccccc1COc1nn(CC(COC(C)C)OC(=O)OC)c(Br)c1C(F)(F)F. The molecule has 1 heterocycles. The Morgan fingerprint density at radius 3 is 2.39 bits per heavy atom. The maximum absolute atomic E-state index is 14.0. The summed E-state index contributed by atoms with van der Waals surface area (Å²) in [4.78, 5) is 23.9. The van der Waals surface area contributed by atoms with E-state index in [1.807, 2.05) is 0 Å². The minimum absolute atomic E-state index is 0.0462. The topological polar surface area (TPSA) is 107 Å². The van der Waals surface area contributed by atoms with Crippen molar-refractivity contribution in [1.29, 1.82) is 0 Å². The van der Waals surface area contributed by atoms with Crippen LogP contribution in [0.4, 0.5) is 18.0 Å². The first-order valence-corrected chi connectivity index (χ1v) is 11.9. The maximum Gasteiger partial charge on any atom is 0.508 e. The van der Waals surface area contributed by atoms with E-state index in [2.05, 4.69) is 25.8 Å². The van der Waals surface area contributed by atoms with Crippen LogP contribution in [0.3, 0.4) is 0 Å². The lowest BCUT2D eigenvalue weighted by molar-refractivity contribution is -0.139. The van der Waals surface area contributed by atoms with Crippen molar-refractivity contribution < 1.29 is 51.2 Å². The number of halogens is 4. The van der Waals surface area contributed by atoms with E-state index < -0.39 is 40.5 Å². The first kappa shape index (κ1) is 31.0. The fourth-order valence-electron chi connectivity index (χ4n) is 3.19.